The molecule has 0 N–H and O–H groups in total. The predicted molar refractivity (Wildman–Crippen MR) is 72.0 cm³/mol. The number of carbonyl (C=O) groups excluding carboxylic acids is 1. The summed E-state index contributed by atoms with van der Waals surface area (Å²) >= 11 is 6.06. The molecule has 5 heteroatoms. The van der Waals surface area contributed by atoms with Crippen molar-refractivity contribution in [2.24, 2.45) is 0 Å². The lowest BCUT2D eigenvalue weighted by Crippen LogP contribution is -2.11. The number of benzene rings is 1. The van der Waals surface area contributed by atoms with Crippen LogP contribution in [0.15, 0.2) is 24.4 Å². The molecule has 0 radical (unpaired) electrons. The minimum atomic E-state index is -0.0981. The van der Waals surface area contributed by atoms with E-state index < -0.39 is 0 Å². The average Bonchev–Trinajstić information content (AvgIpc) is 3.02. The van der Waals surface area contributed by atoms with Gasteiger partial charge in [0.2, 0.25) is 5.78 Å². The molecule has 98 valence electrons. The topological polar surface area (TPSA) is 44.1 Å². The summed E-state index contributed by atoms with van der Waals surface area (Å²) in [4.78, 5) is 12.5. The molecule has 3 rings (SSSR count). The zero-order chi connectivity index (χ0) is 13.4. The fraction of sp³-hybridized carbons (Fsp3) is 0.286. The van der Waals surface area contributed by atoms with Crippen molar-refractivity contribution in [1.29, 1.82) is 0 Å². The maximum Gasteiger partial charge on any atom is 0.212 e. The second kappa shape index (κ2) is 4.70. The van der Waals surface area contributed by atoms with Crippen LogP contribution in [0.25, 0.3) is 0 Å². The Kier molecular flexibility index (Phi) is 3.03. The molecular formula is C14H13ClN2O2. The van der Waals surface area contributed by atoms with Gasteiger partial charge in [0, 0.05) is 18.5 Å². The first-order valence-electron chi connectivity index (χ1n) is 6.22. The largest absolute Gasteiger partial charge is 0.493 e. The molecule has 0 unspecified atom stereocenters. The third kappa shape index (κ3) is 2.02. The van der Waals surface area contributed by atoms with Gasteiger partial charge in [-0.1, -0.05) is 11.6 Å². The van der Waals surface area contributed by atoms with E-state index in [1.165, 1.54) is 6.20 Å². The Morgan fingerprint density at radius 3 is 3.16 bits per heavy atom. The fourth-order valence-corrected chi connectivity index (χ4v) is 2.52. The van der Waals surface area contributed by atoms with Crippen molar-refractivity contribution in [3.8, 4) is 5.75 Å². The fourth-order valence-electron chi connectivity index (χ4n) is 2.29. The Labute approximate surface area is 115 Å². The summed E-state index contributed by atoms with van der Waals surface area (Å²) in [6, 6.07) is 5.50. The highest BCUT2D eigenvalue weighted by Crippen LogP contribution is 2.27. The van der Waals surface area contributed by atoms with Crippen LogP contribution in [-0.2, 0) is 13.0 Å². The molecule has 1 aliphatic rings. The number of halogens is 1. The predicted octanol–water partition coefficient (Wildman–Crippen LogP) is 2.72. The summed E-state index contributed by atoms with van der Waals surface area (Å²) in [5, 5.41) is 4.48. The molecule has 0 atom stereocenters. The second-order valence-corrected chi connectivity index (χ2v) is 4.81. The van der Waals surface area contributed by atoms with Gasteiger partial charge < -0.3 is 4.74 Å². The van der Waals surface area contributed by atoms with Crippen LogP contribution >= 0.6 is 11.6 Å². The summed E-state index contributed by atoms with van der Waals surface area (Å²) in [6.45, 7) is 3.22. The monoisotopic (exact) mass is 276 g/mol. The highest BCUT2D eigenvalue weighted by atomic mass is 35.5. The number of ether oxygens (including phenoxy) is 1. The lowest BCUT2D eigenvalue weighted by atomic mass is 10.0. The van der Waals surface area contributed by atoms with Crippen molar-refractivity contribution in [3.05, 3.63) is 46.2 Å². The van der Waals surface area contributed by atoms with Gasteiger partial charge in [-0.15, -0.1) is 0 Å². The van der Waals surface area contributed by atoms with Crippen LogP contribution in [-0.4, -0.2) is 22.2 Å². The molecule has 2 heterocycles. The van der Waals surface area contributed by atoms with E-state index in [4.69, 9.17) is 16.3 Å². The molecule has 1 aromatic heterocycles. The van der Waals surface area contributed by atoms with Crippen molar-refractivity contribution in [2.45, 2.75) is 19.9 Å². The summed E-state index contributed by atoms with van der Waals surface area (Å²) in [7, 11) is 0. The number of hydrogen-bond donors (Lipinski definition) is 0. The van der Waals surface area contributed by atoms with Crippen LogP contribution in [0.1, 0.15) is 28.5 Å². The van der Waals surface area contributed by atoms with Crippen LogP contribution in [0.3, 0.4) is 0 Å². The number of fused-ring (bicyclic) bond motifs is 1. The van der Waals surface area contributed by atoms with Crippen molar-refractivity contribution in [2.75, 3.05) is 6.61 Å². The summed E-state index contributed by atoms with van der Waals surface area (Å²) in [6.07, 6.45) is 2.35. The molecule has 1 aliphatic heterocycles. The molecule has 0 aliphatic carbocycles. The first-order valence-corrected chi connectivity index (χ1v) is 6.60. The molecule has 0 bridgehead atoms. The van der Waals surface area contributed by atoms with Crippen molar-refractivity contribution >= 4 is 17.4 Å². The van der Waals surface area contributed by atoms with Gasteiger partial charge in [0.05, 0.1) is 17.8 Å². The first-order chi connectivity index (χ1) is 9.20. The number of hydrogen-bond acceptors (Lipinski definition) is 3. The van der Waals surface area contributed by atoms with Gasteiger partial charge in [-0.25, -0.2) is 0 Å². The molecule has 0 saturated heterocycles. The van der Waals surface area contributed by atoms with E-state index in [0.717, 1.165) is 17.7 Å². The molecule has 4 nitrogen and oxygen atoms in total. The van der Waals surface area contributed by atoms with Gasteiger partial charge in [-0.2, -0.15) is 5.10 Å². The quantitative estimate of drug-likeness (QED) is 0.810. The summed E-state index contributed by atoms with van der Waals surface area (Å²) in [5.41, 5.74) is 2.15. The van der Waals surface area contributed by atoms with Gasteiger partial charge in [-0.3, -0.25) is 9.48 Å². The second-order valence-electron chi connectivity index (χ2n) is 4.41. The molecule has 19 heavy (non-hydrogen) atoms. The van der Waals surface area contributed by atoms with Crippen LogP contribution in [0.5, 0.6) is 5.75 Å². The standard InChI is InChI=1S/C14H13ClN2O2/c1-2-17-13(11(15)8-16-17)14(18)10-3-4-12-9(7-10)5-6-19-12/h3-4,7-8H,2,5-6H2,1H3. The van der Waals surface area contributed by atoms with Gasteiger partial charge in [0.25, 0.3) is 0 Å². The van der Waals surface area contributed by atoms with Crippen LogP contribution < -0.4 is 4.74 Å². The average molecular weight is 277 g/mol. The normalized spacial score (nSPS) is 13.2. The van der Waals surface area contributed by atoms with E-state index in [-0.39, 0.29) is 5.78 Å². The van der Waals surface area contributed by atoms with Gasteiger partial charge >= 0.3 is 0 Å². The molecule has 0 spiro atoms. The zero-order valence-corrected chi connectivity index (χ0v) is 11.3. The smallest absolute Gasteiger partial charge is 0.212 e. The van der Waals surface area contributed by atoms with E-state index in [1.807, 2.05) is 19.1 Å². The molecule has 0 saturated carbocycles. The van der Waals surface area contributed by atoms with E-state index in [9.17, 15) is 4.79 Å². The highest BCUT2D eigenvalue weighted by molar-refractivity contribution is 6.34. The molecule has 0 fully saturated rings. The SMILES string of the molecule is CCn1ncc(Cl)c1C(=O)c1ccc2c(c1)CCO2. The Morgan fingerprint density at radius 1 is 1.53 bits per heavy atom. The third-order valence-corrected chi connectivity index (χ3v) is 3.54. The number of aryl methyl sites for hydroxylation is 1. The van der Waals surface area contributed by atoms with E-state index in [2.05, 4.69) is 5.10 Å². The number of aromatic nitrogens is 2. The van der Waals surface area contributed by atoms with E-state index >= 15 is 0 Å². The summed E-state index contributed by atoms with van der Waals surface area (Å²) < 4.78 is 7.06. The minimum Gasteiger partial charge on any atom is -0.493 e. The Morgan fingerprint density at radius 2 is 2.37 bits per heavy atom. The van der Waals surface area contributed by atoms with Crippen LogP contribution in [0, 0.1) is 0 Å². The van der Waals surface area contributed by atoms with Gasteiger partial charge in [0.15, 0.2) is 0 Å². The molecule has 2 aromatic rings. The molecule has 0 amide bonds. The minimum absolute atomic E-state index is 0.0981. The maximum atomic E-state index is 12.5. The van der Waals surface area contributed by atoms with Crippen LogP contribution in [0.4, 0.5) is 0 Å². The van der Waals surface area contributed by atoms with Crippen molar-refractivity contribution in [3.63, 3.8) is 0 Å². The maximum absolute atomic E-state index is 12.5. The number of rotatable bonds is 3. The number of carbonyl (C=O) groups is 1. The van der Waals surface area contributed by atoms with Crippen molar-refractivity contribution < 1.29 is 9.53 Å². The number of ketones is 1. The number of nitrogens with zero attached hydrogens (tertiary/aromatic N) is 2. The van der Waals surface area contributed by atoms with Crippen LogP contribution in [0.2, 0.25) is 5.02 Å². The molecular weight excluding hydrogens is 264 g/mol. The highest BCUT2D eigenvalue weighted by Gasteiger charge is 2.21. The third-order valence-electron chi connectivity index (χ3n) is 3.26. The Hall–Kier alpha value is -1.81. The molecule has 1 aromatic carbocycles. The Balaban J connectivity index is 2.02. The lowest BCUT2D eigenvalue weighted by Gasteiger charge is -2.06. The van der Waals surface area contributed by atoms with E-state index in [0.29, 0.717) is 29.4 Å². The van der Waals surface area contributed by atoms with Gasteiger partial charge in [0.1, 0.15) is 11.4 Å². The Bertz CT molecular complexity index is 649. The van der Waals surface area contributed by atoms with Crippen molar-refractivity contribution in [1.82, 2.24) is 9.78 Å². The zero-order valence-electron chi connectivity index (χ0n) is 10.5. The lowest BCUT2D eigenvalue weighted by molar-refractivity contribution is 0.102. The summed E-state index contributed by atoms with van der Waals surface area (Å²) in [5.74, 6) is 0.769. The van der Waals surface area contributed by atoms with E-state index in [1.54, 1.807) is 10.7 Å². The first kappa shape index (κ1) is 12.2. The van der Waals surface area contributed by atoms with Gasteiger partial charge in [-0.05, 0) is 30.7 Å².